The van der Waals surface area contributed by atoms with Crippen molar-refractivity contribution in [1.82, 2.24) is 0 Å². The highest BCUT2D eigenvalue weighted by molar-refractivity contribution is 9.10. The minimum Gasteiger partial charge on any atom is -0.431 e. The summed E-state index contributed by atoms with van der Waals surface area (Å²) in [4.78, 5) is 0. The zero-order chi connectivity index (χ0) is 15.3. The minimum atomic E-state index is -2.90. The molecule has 0 aliphatic rings. The molecule has 20 heavy (non-hydrogen) atoms. The maximum Gasteiger partial charge on any atom is 0.387 e. The predicted molar refractivity (Wildman–Crippen MR) is 81.7 cm³/mol. The number of halogens is 4. The van der Waals surface area contributed by atoms with Gasteiger partial charge < -0.3 is 15.8 Å². The first-order chi connectivity index (χ1) is 9.35. The summed E-state index contributed by atoms with van der Waals surface area (Å²) in [6.45, 7) is 2.29. The molecule has 1 unspecified atom stereocenters. The molecule has 0 radical (unpaired) electrons. The van der Waals surface area contributed by atoms with Gasteiger partial charge in [-0.2, -0.15) is 8.78 Å². The van der Waals surface area contributed by atoms with Crippen LogP contribution in [0.1, 0.15) is 13.8 Å². The lowest BCUT2D eigenvalue weighted by Gasteiger charge is -2.21. The molecule has 0 aliphatic heterocycles. The number of anilines is 1. The molecule has 1 rings (SSSR count). The lowest BCUT2D eigenvalue weighted by molar-refractivity contribution is -0.0498. The molecule has 1 atom stereocenters. The molecule has 0 fully saturated rings. The maximum atomic E-state index is 12.5. The van der Waals surface area contributed by atoms with E-state index in [0.717, 1.165) is 0 Å². The van der Waals surface area contributed by atoms with Crippen LogP contribution in [-0.2, 0) is 0 Å². The summed E-state index contributed by atoms with van der Waals surface area (Å²) in [5.41, 5.74) is 6.11. The van der Waals surface area contributed by atoms with Gasteiger partial charge in [-0.05, 0) is 46.4 Å². The van der Waals surface area contributed by atoms with Crippen LogP contribution < -0.4 is 15.8 Å². The van der Waals surface area contributed by atoms with E-state index in [1.165, 1.54) is 6.07 Å². The van der Waals surface area contributed by atoms with Crippen molar-refractivity contribution in [1.29, 1.82) is 0 Å². The minimum absolute atomic E-state index is 0.0453. The van der Waals surface area contributed by atoms with E-state index >= 15 is 0 Å². The number of benzene rings is 1. The molecule has 0 aliphatic carbocycles. The van der Waals surface area contributed by atoms with Gasteiger partial charge in [0.15, 0.2) is 5.75 Å². The normalized spacial score (nSPS) is 12.8. The van der Waals surface area contributed by atoms with Crippen molar-refractivity contribution in [2.75, 3.05) is 18.4 Å². The molecule has 7 heteroatoms. The van der Waals surface area contributed by atoms with Gasteiger partial charge in [0.1, 0.15) is 0 Å². The number of hydrogen-bond acceptors (Lipinski definition) is 3. The van der Waals surface area contributed by atoms with Gasteiger partial charge in [0, 0.05) is 11.6 Å². The number of hydrogen-bond donors (Lipinski definition) is 2. The molecular weight excluding hydrogens is 354 g/mol. The van der Waals surface area contributed by atoms with Crippen LogP contribution in [-0.4, -0.2) is 19.7 Å². The number of nitrogens with two attached hydrogens (primary N) is 1. The van der Waals surface area contributed by atoms with E-state index in [-0.39, 0.29) is 11.7 Å². The second-order valence-electron chi connectivity index (χ2n) is 4.76. The van der Waals surface area contributed by atoms with Crippen molar-refractivity contribution in [3.63, 3.8) is 0 Å². The van der Waals surface area contributed by atoms with Gasteiger partial charge in [0.2, 0.25) is 0 Å². The van der Waals surface area contributed by atoms with Gasteiger partial charge in [-0.3, -0.25) is 0 Å². The van der Waals surface area contributed by atoms with Crippen molar-refractivity contribution < 1.29 is 13.5 Å². The summed E-state index contributed by atoms with van der Waals surface area (Å²) in [7, 11) is 0. The molecule has 0 aromatic heterocycles. The Morgan fingerprint density at radius 2 is 2.05 bits per heavy atom. The zero-order valence-electron chi connectivity index (χ0n) is 11.3. The van der Waals surface area contributed by atoms with Crippen molar-refractivity contribution in [3.8, 4) is 5.75 Å². The Bertz CT molecular complexity index is 447. The average Bonchev–Trinajstić information content (AvgIpc) is 2.33. The Morgan fingerprint density at radius 1 is 1.40 bits per heavy atom. The molecular formula is C13H18BrClF2N2O. The Labute approximate surface area is 130 Å². The predicted octanol–water partition coefficient (Wildman–Crippen LogP) is 4.35. The van der Waals surface area contributed by atoms with Crippen LogP contribution in [0.3, 0.4) is 0 Å². The summed E-state index contributed by atoms with van der Waals surface area (Å²) in [6.07, 6.45) is 0. The highest BCUT2D eigenvalue weighted by atomic mass is 79.9. The molecule has 3 nitrogen and oxygen atoms in total. The molecule has 0 saturated carbocycles. The summed E-state index contributed by atoms with van der Waals surface area (Å²) in [5, 5.41) is 3.51. The van der Waals surface area contributed by atoms with E-state index in [0.29, 0.717) is 34.2 Å². The number of alkyl halides is 2. The second-order valence-corrected chi connectivity index (χ2v) is 6.05. The largest absolute Gasteiger partial charge is 0.431 e. The molecule has 0 bridgehead atoms. The molecule has 0 heterocycles. The fraction of sp³-hybridized carbons (Fsp3) is 0.538. The maximum absolute atomic E-state index is 12.5. The Balaban J connectivity index is 2.92. The van der Waals surface area contributed by atoms with Crippen molar-refractivity contribution in [2.45, 2.75) is 20.5 Å². The van der Waals surface area contributed by atoms with Crippen molar-refractivity contribution >= 4 is 33.2 Å². The topological polar surface area (TPSA) is 47.3 Å². The number of rotatable bonds is 7. The summed E-state index contributed by atoms with van der Waals surface area (Å²) in [6, 6.07) is 3.06. The quantitative estimate of drug-likeness (QED) is 0.749. The van der Waals surface area contributed by atoms with Crippen LogP contribution in [0.5, 0.6) is 5.75 Å². The van der Waals surface area contributed by atoms with Crippen LogP contribution in [0.4, 0.5) is 14.5 Å². The third kappa shape index (κ3) is 5.07. The summed E-state index contributed by atoms with van der Waals surface area (Å²) < 4.78 is 29.8. The van der Waals surface area contributed by atoms with Gasteiger partial charge in [0.05, 0.1) is 10.2 Å². The lowest BCUT2D eigenvalue weighted by atomic mass is 9.96. The van der Waals surface area contributed by atoms with E-state index in [2.05, 4.69) is 39.8 Å². The van der Waals surface area contributed by atoms with E-state index in [9.17, 15) is 8.78 Å². The van der Waals surface area contributed by atoms with Crippen molar-refractivity contribution in [3.05, 3.63) is 21.6 Å². The summed E-state index contributed by atoms with van der Waals surface area (Å²) in [5.74, 6) is 0.658. The molecule has 0 amide bonds. The van der Waals surface area contributed by atoms with Gasteiger partial charge in [-0.1, -0.05) is 25.4 Å². The van der Waals surface area contributed by atoms with Gasteiger partial charge >= 0.3 is 6.61 Å². The second kappa shape index (κ2) is 8.00. The summed E-state index contributed by atoms with van der Waals surface area (Å²) >= 11 is 9.10. The first-order valence-corrected chi connectivity index (χ1v) is 7.40. The van der Waals surface area contributed by atoms with Gasteiger partial charge in [-0.25, -0.2) is 0 Å². The molecule has 3 N–H and O–H groups in total. The highest BCUT2D eigenvalue weighted by Crippen LogP contribution is 2.37. The Kier molecular flexibility index (Phi) is 6.99. The fourth-order valence-electron chi connectivity index (χ4n) is 1.73. The van der Waals surface area contributed by atoms with Crippen LogP contribution in [0.15, 0.2) is 16.6 Å². The van der Waals surface area contributed by atoms with E-state index in [4.69, 9.17) is 17.3 Å². The zero-order valence-corrected chi connectivity index (χ0v) is 13.6. The monoisotopic (exact) mass is 370 g/mol. The first-order valence-electron chi connectivity index (χ1n) is 6.23. The van der Waals surface area contributed by atoms with Gasteiger partial charge in [-0.15, -0.1) is 0 Å². The standard InChI is InChI=1S/C13H18BrClF2N2O/c1-7(2)8(5-18)6-19-11-4-9(15)3-10(14)12(11)20-13(16)17/h3-4,7-8,13,19H,5-6,18H2,1-2H3. The third-order valence-corrected chi connectivity index (χ3v) is 3.82. The fourth-order valence-corrected chi connectivity index (χ4v) is 2.64. The molecule has 0 saturated heterocycles. The number of ether oxygens (including phenoxy) is 1. The van der Waals surface area contributed by atoms with Crippen LogP contribution in [0.25, 0.3) is 0 Å². The van der Waals surface area contributed by atoms with E-state index in [1.54, 1.807) is 6.07 Å². The van der Waals surface area contributed by atoms with Crippen molar-refractivity contribution in [2.24, 2.45) is 17.6 Å². The smallest absolute Gasteiger partial charge is 0.387 e. The highest BCUT2D eigenvalue weighted by Gasteiger charge is 2.17. The average molecular weight is 372 g/mol. The molecule has 0 spiro atoms. The number of nitrogens with one attached hydrogen (secondary N) is 1. The van der Waals surface area contributed by atoms with Crippen LogP contribution >= 0.6 is 27.5 Å². The van der Waals surface area contributed by atoms with Gasteiger partial charge in [0.25, 0.3) is 0 Å². The molecule has 1 aromatic rings. The van der Waals surface area contributed by atoms with Crippen LogP contribution in [0, 0.1) is 11.8 Å². The molecule has 1 aromatic carbocycles. The van der Waals surface area contributed by atoms with E-state index in [1.807, 2.05) is 0 Å². The van der Waals surface area contributed by atoms with Crippen LogP contribution in [0.2, 0.25) is 5.02 Å². The lowest BCUT2D eigenvalue weighted by Crippen LogP contribution is -2.27. The Hall–Kier alpha value is -0.590. The molecule has 114 valence electrons. The third-order valence-electron chi connectivity index (χ3n) is 3.02. The van der Waals surface area contributed by atoms with E-state index < -0.39 is 6.61 Å². The first kappa shape index (κ1) is 17.5. The SMILES string of the molecule is CC(C)C(CN)CNc1cc(Cl)cc(Br)c1OC(F)F. The Morgan fingerprint density at radius 3 is 2.55 bits per heavy atom.